The van der Waals surface area contributed by atoms with Crippen LogP contribution in [-0.4, -0.2) is 73.1 Å². The highest BCUT2D eigenvalue weighted by molar-refractivity contribution is 6.30. The molecule has 1 fully saturated rings. The first-order valence-corrected chi connectivity index (χ1v) is 13.9. The van der Waals surface area contributed by atoms with E-state index in [9.17, 15) is 14.7 Å². The number of aryl methyl sites for hydroxylation is 1. The van der Waals surface area contributed by atoms with E-state index >= 15 is 0 Å². The number of fused-ring (bicyclic) bond motifs is 1. The first-order chi connectivity index (χ1) is 20.1. The summed E-state index contributed by atoms with van der Waals surface area (Å²) in [6.07, 6.45) is 1.21. The maximum Gasteiger partial charge on any atom is 0.256 e. The number of carbonyl (C=O) groups is 2. The van der Waals surface area contributed by atoms with Crippen molar-refractivity contribution in [2.45, 2.75) is 45.9 Å². The van der Waals surface area contributed by atoms with Crippen LogP contribution < -0.4 is 15.8 Å². The van der Waals surface area contributed by atoms with E-state index in [4.69, 9.17) is 31.8 Å². The number of amides is 2. The second-order valence-electron chi connectivity index (χ2n) is 10.1. The van der Waals surface area contributed by atoms with E-state index in [1.165, 1.54) is 13.1 Å². The summed E-state index contributed by atoms with van der Waals surface area (Å²) in [5, 5.41) is 13.0. The number of hydrogen-bond acceptors (Lipinski definition) is 9. The Bertz CT molecular complexity index is 1660. The molecule has 1 aliphatic rings. The summed E-state index contributed by atoms with van der Waals surface area (Å²) in [5.41, 5.74) is 9.09. The van der Waals surface area contributed by atoms with Crippen molar-refractivity contribution in [3.05, 3.63) is 64.8 Å². The summed E-state index contributed by atoms with van der Waals surface area (Å²) in [6.45, 7) is 7.73. The van der Waals surface area contributed by atoms with E-state index in [1.54, 1.807) is 39.8 Å². The van der Waals surface area contributed by atoms with Crippen LogP contribution in [0, 0.1) is 6.92 Å². The Kier molecular flexibility index (Phi) is 8.30. The van der Waals surface area contributed by atoms with Gasteiger partial charge < -0.3 is 30.5 Å². The van der Waals surface area contributed by atoms with Crippen LogP contribution in [0.3, 0.4) is 0 Å². The molecule has 3 aromatic heterocycles. The van der Waals surface area contributed by atoms with E-state index in [0.717, 1.165) is 5.56 Å². The van der Waals surface area contributed by atoms with Gasteiger partial charge in [0.05, 0.1) is 32.0 Å². The van der Waals surface area contributed by atoms with Crippen LogP contribution in [0.2, 0.25) is 5.15 Å². The van der Waals surface area contributed by atoms with Crippen LogP contribution in [0.1, 0.15) is 48.6 Å². The molecule has 12 nitrogen and oxygen atoms in total. The Morgan fingerprint density at radius 1 is 1.29 bits per heavy atom. The second kappa shape index (κ2) is 11.9. The Hall–Kier alpha value is -4.26. The van der Waals surface area contributed by atoms with Crippen molar-refractivity contribution in [2.24, 2.45) is 0 Å². The highest BCUT2D eigenvalue weighted by Gasteiger charge is 2.35. The molecule has 220 valence electrons. The molecule has 0 radical (unpaired) electrons. The highest BCUT2D eigenvalue weighted by Crippen LogP contribution is 2.39. The molecule has 4 N–H and O–H groups in total. The zero-order valence-corrected chi connectivity index (χ0v) is 24.4. The molecule has 0 aliphatic carbocycles. The molecule has 13 heteroatoms. The number of nitrogens with zero attached hydrogens (tertiary/aromatic N) is 5. The van der Waals surface area contributed by atoms with Crippen LogP contribution in [0.5, 0.6) is 5.75 Å². The topological polar surface area (TPSA) is 157 Å². The third-order valence-electron chi connectivity index (χ3n) is 6.99. The van der Waals surface area contributed by atoms with Gasteiger partial charge in [-0.2, -0.15) is 0 Å². The maximum absolute atomic E-state index is 13.1. The van der Waals surface area contributed by atoms with E-state index < -0.39 is 18.1 Å². The van der Waals surface area contributed by atoms with Crippen LogP contribution in [-0.2, 0) is 9.53 Å². The normalized spacial score (nSPS) is 17.7. The van der Waals surface area contributed by atoms with Gasteiger partial charge in [-0.05, 0) is 63.6 Å². The van der Waals surface area contributed by atoms with Crippen molar-refractivity contribution in [1.82, 2.24) is 24.3 Å². The molecule has 0 spiro atoms. The Morgan fingerprint density at radius 2 is 2.07 bits per heavy atom. The smallest absolute Gasteiger partial charge is 0.256 e. The van der Waals surface area contributed by atoms with Gasteiger partial charge in [0.1, 0.15) is 51.8 Å². The highest BCUT2D eigenvalue weighted by atomic mass is 35.5. The van der Waals surface area contributed by atoms with Gasteiger partial charge in [-0.15, -0.1) is 0 Å². The number of rotatable bonds is 7. The quantitative estimate of drug-likeness (QED) is 0.291. The SMILES string of the molecule is CCOc1cc(C(=O)Nc2cc(C)ccn2)ccc1-c1nc([C@H]2CN(C(=O)[C@H](C)O)[C@@H](C)CO2)n2c(Cl)cnc(N)c12. The monoisotopic (exact) mass is 593 g/mol. The summed E-state index contributed by atoms with van der Waals surface area (Å²) in [5.74, 6) is 0.654. The summed E-state index contributed by atoms with van der Waals surface area (Å²) in [4.78, 5) is 40.7. The van der Waals surface area contributed by atoms with E-state index in [-0.39, 0.29) is 36.1 Å². The molecule has 42 heavy (non-hydrogen) atoms. The van der Waals surface area contributed by atoms with Crippen LogP contribution in [0.25, 0.3) is 16.8 Å². The Balaban J connectivity index is 1.58. The van der Waals surface area contributed by atoms with Crippen molar-refractivity contribution in [2.75, 3.05) is 30.8 Å². The van der Waals surface area contributed by atoms with Crippen molar-refractivity contribution in [3.63, 3.8) is 0 Å². The van der Waals surface area contributed by atoms with Crippen molar-refractivity contribution >= 4 is 40.6 Å². The van der Waals surface area contributed by atoms with Crippen LogP contribution in [0.15, 0.2) is 42.7 Å². The number of carbonyl (C=O) groups excluding carboxylic acids is 2. The maximum atomic E-state index is 13.1. The number of nitrogens with two attached hydrogens (primary N) is 1. The number of aliphatic hydroxyl groups is 1. The average molecular weight is 594 g/mol. The number of aromatic nitrogens is 4. The fourth-order valence-electron chi connectivity index (χ4n) is 4.92. The molecule has 2 amide bonds. The first kappa shape index (κ1) is 29.2. The van der Waals surface area contributed by atoms with Crippen LogP contribution >= 0.6 is 11.6 Å². The number of ether oxygens (including phenoxy) is 2. The summed E-state index contributed by atoms with van der Waals surface area (Å²) in [6, 6.07) is 8.39. The number of benzene rings is 1. The lowest BCUT2D eigenvalue weighted by molar-refractivity contribution is -0.152. The van der Waals surface area contributed by atoms with Gasteiger partial charge in [0.25, 0.3) is 11.8 Å². The predicted molar refractivity (Wildman–Crippen MR) is 157 cm³/mol. The average Bonchev–Trinajstić information content (AvgIpc) is 3.37. The summed E-state index contributed by atoms with van der Waals surface area (Å²) < 4.78 is 13.7. The molecule has 0 saturated carbocycles. The lowest BCUT2D eigenvalue weighted by Crippen LogP contribution is -2.51. The molecule has 0 bridgehead atoms. The van der Waals surface area contributed by atoms with E-state index in [0.29, 0.717) is 46.3 Å². The number of hydrogen-bond donors (Lipinski definition) is 3. The molecular formula is C29H32ClN7O5. The van der Waals surface area contributed by atoms with Gasteiger partial charge in [0.2, 0.25) is 0 Å². The minimum atomic E-state index is -1.16. The molecule has 4 aromatic rings. The number of halogens is 1. The number of aliphatic hydroxyl groups excluding tert-OH is 1. The lowest BCUT2D eigenvalue weighted by atomic mass is 10.1. The molecular weight excluding hydrogens is 562 g/mol. The van der Waals surface area contributed by atoms with Crippen molar-refractivity contribution in [3.8, 4) is 17.0 Å². The standard InChI is InChI=1S/C29H32ClN7O5/c1-5-41-20-11-18(28(39)34-23-10-15(2)8-9-32-23)6-7-19(20)24-25-26(31)33-12-22(30)37(25)27(35-24)21-13-36(16(3)14-42-21)29(40)17(4)38/h6-12,16-17,21,38H,5,13-14H2,1-4H3,(H2,31,33)(H,32,34,39)/t16-,17-,21+/m0/s1. The van der Waals surface area contributed by atoms with Gasteiger partial charge in [0, 0.05) is 17.3 Å². The molecule has 4 heterocycles. The predicted octanol–water partition coefficient (Wildman–Crippen LogP) is 3.66. The number of morpholine rings is 1. The molecule has 1 saturated heterocycles. The summed E-state index contributed by atoms with van der Waals surface area (Å²) >= 11 is 6.63. The molecule has 1 aliphatic heterocycles. The largest absolute Gasteiger partial charge is 0.493 e. The zero-order chi connectivity index (χ0) is 30.1. The van der Waals surface area contributed by atoms with Gasteiger partial charge in [-0.3, -0.25) is 14.0 Å². The van der Waals surface area contributed by atoms with Gasteiger partial charge >= 0.3 is 0 Å². The number of anilines is 2. The van der Waals surface area contributed by atoms with E-state index in [2.05, 4.69) is 15.3 Å². The van der Waals surface area contributed by atoms with Crippen LogP contribution in [0.4, 0.5) is 11.6 Å². The second-order valence-corrected chi connectivity index (χ2v) is 10.5. The molecule has 1 aromatic carbocycles. The fourth-order valence-corrected chi connectivity index (χ4v) is 5.14. The third kappa shape index (κ3) is 5.60. The lowest BCUT2D eigenvalue weighted by Gasteiger charge is -2.38. The van der Waals surface area contributed by atoms with Crippen molar-refractivity contribution < 1.29 is 24.2 Å². The van der Waals surface area contributed by atoms with E-state index in [1.807, 2.05) is 26.8 Å². The third-order valence-corrected chi connectivity index (χ3v) is 7.25. The number of nitrogen functional groups attached to an aromatic ring is 1. The molecule has 0 unspecified atom stereocenters. The van der Waals surface area contributed by atoms with Crippen molar-refractivity contribution in [1.29, 1.82) is 0 Å². The first-order valence-electron chi connectivity index (χ1n) is 13.5. The number of imidazole rings is 1. The Labute approximate surface area is 247 Å². The number of nitrogens with one attached hydrogen (secondary N) is 1. The zero-order valence-electron chi connectivity index (χ0n) is 23.7. The van der Waals surface area contributed by atoms with Gasteiger partial charge in [0.15, 0.2) is 0 Å². The van der Waals surface area contributed by atoms with Gasteiger partial charge in [-0.1, -0.05) is 11.6 Å². The fraction of sp³-hybridized carbons (Fsp3) is 0.345. The van der Waals surface area contributed by atoms with Gasteiger partial charge in [-0.25, -0.2) is 15.0 Å². The minimum Gasteiger partial charge on any atom is -0.493 e. The number of pyridine rings is 1. The molecule has 3 atom stereocenters. The summed E-state index contributed by atoms with van der Waals surface area (Å²) in [7, 11) is 0. The Morgan fingerprint density at radius 3 is 2.79 bits per heavy atom. The molecule has 5 rings (SSSR count). The minimum absolute atomic E-state index is 0.145.